The Morgan fingerprint density at radius 1 is 1.54 bits per heavy atom. The monoisotopic (exact) mass is 311 g/mol. The van der Waals surface area contributed by atoms with Crippen LogP contribution >= 0.6 is 34.2 Å². The SMILES string of the molecule is O=C(Cl)c1cc(I)ccc1[N+](=O)[O-]. The third kappa shape index (κ3) is 2.38. The van der Waals surface area contributed by atoms with Crippen LogP contribution in [0.5, 0.6) is 0 Å². The van der Waals surface area contributed by atoms with Crippen molar-refractivity contribution in [2.45, 2.75) is 0 Å². The van der Waals surface area contributed by atoms with E-state index in [2.05, 4.69) is 0 Å². The van der Waals surface area contributed by atoms with Gasteiger partial charge in [0, 0.05) is 9.64 Å². The van der Waals surface area contributed by atoms with E-state index in [1.807, 2.05) is 22.6 Å². The van der Waals surface area contributed by atoms with Crippen molar-refractivity contribution in [3.05, 3.63) is 37.4 Å². The molecule has 0 atom stereocenters. The standard InChI is InChI=1S/C7H3ClINO3/c8-7(11)5-3-4(9)1-2-6(5)10(12)13/h1-3H. The topological polar surface area (TPSA) is 60.2 Å². The van der Waals surface area contributed by atoms with Gasteiger partial charge in [-0.05, 0) is 46.3 Å². The minimum absolute atomic E-state index is 0.0708. The summed E-state index contributed by atoms with van der Waals surface area (Å²) >= 11 is 7.12. The average molecular weight is 311 g/mol. The molecule has 4 nitrogen and oxygen atoms in total. The highest BCUT2D eigenvalue weighted by atomic mass is 127. The van der Waals surface area contributed by atoms with Gasteiger partial charge in [-0.3, -0.25) is 14.9 Å². The number of nitrogens with zero attached hydrogens (tertiary/aromatic N) is 1. The van der Waals surface area contributed by atoms with Gasteiger partial charge in [-0.15, -0.1) is 0 Å². The number of carbonyl (C=O) groups excluding carboxylic acids is 1. The second-order valence-electron chi connectivity index (χ2n) is 2.19. The molecular weight excluding hydrogens is 308 g/mol. The number of hydrogen-bond donors (Lipinski definition) is 0. The van der Waals surface area contributed by atoms with Gasteiger partial charge in [0.25, 0.3) is 10.9 Å². The zero-order valence-corrected chi connectivity index (χ0v) is 9.07. The first-order valence-corrected chi connectivity index (χ1v) is 4.62. The molecule has 0 aromatic heterocycles. The lowest BCUT2D eigenvalue weighted by molar-refractivity contribution is -0.385. The van der Waals surface area contributed by atoms with Crippen LogP contribution in [0.15, 0.2) is 18.2 Å². The summed E-state index contributed by atoms with van der Waals surface area (Å²) in [6.45, 7) is 0. The van der Waals surface area contributed by atoms with Crippen molar-refractivity contribution >= 4 is 45.1 Å². The second-order valence-corrected chi connectivity index (χ2v) is 3.78. The summed E-state index contributed by atoms with van der Waals surface area (Å²) in [4.78, 5) is 20.6. The molecule has 0 unspecified atom stereocenters. The summed E-state index contributed by atoms with van der Waals surface area (Å²) in [7, 11) is 0. The first kappa shape index (κ1) is 10.4. The Labute approximate surface area is 92.2 Å². The van der Waals surface area contributed by atoms with E-state index in [1.165, 1.54) is 12.1 Å². The van der Waals surface area contributed by atoms with Crippen molar-refractivity contribution < 1.29 is 9.72 Å². The second kappa shape index (κ2) is 4.01. The van der Waals surface area contributed by atoms with Gasteiger partial charge in [-0.25, -0.2) is 0 Å². The van der Waals surface area contributed by atoms with E-state index < -0.39 is 10.2 Å². The van der Waals surface area contributed by atoms with Crippen LogP contribution in [0.4, 0.5) is 5.69 Å². The van der Waals surface area contributed by atoms with Crippen LogP contribution in [0.25, 0.3) is 0 Å². The van der Waals surface area contributed by atoms with Gasteiger partial charge in [0.2, 0.25) is 0 Å². The minimum Gasteiger partial charge on any atom is -0.275 e. The van der Waals surface area contributed by atoms with Crippen LogP contribution in [0, 0.1) is 13.7 Å². The number of halogens is 2. The highest BCUT2D eigenvalue weighted by Gasteiger charge is 2.18. The van der Waals surface area contributed by atoms with Gasteiger partial charge >= 0.3 is 0 Å². The molecule has 0 aliphatic heterocycles. The minimum atomic E-state index is -0.815. The van der Waals surface area contributed by atoms with Gasteiger partial charge < -0.3 is 0 Å². The lowest BCUT2D eigenvalue weighted by atomic mass is 10.2. The molecule has 68 valence electrons. The normalized spacial score (nSPS) is 9.69. The molecule has 6 heteroatoms. The van der Waals surface area contributed by atoms with Gasteiger partial charge in [-0.2, -0.15) is 0 Å². The Morgan fingerprint density at radius 2 is 2.15 bits per heavy atom. The fourth-order valence-corrected chi connectivity index (χ4v) is 1.47. The van der Waals surface area contributed by atoms with Crippen molar-refractivity contribution in [3.8, 4) is 0 Å². The fraction of sp³-hybridized carbons (Fsp3) is 0. The zero-order valence-electron chi connectivity index (χ0n) is 6.16. The van der Waals surface area contributed by atoms with E-state index in [4.69, 9.17) is 11.6 Å². The molecule has 0 aliphatic carbocycles. The lowest BCUT2D eigenvalue weighted by Gasteiger charge is -1.97. The maximum absolute atomic E-state index is 10.8. The Balaban J connectivity index is 3.35. The predicted octanol–water partition coefficient (Wildman–Crippen LogP) is 2.58. The molecule has 1 aromatic rings. The molecule has 0 amide bonds. The number of benzene rings is 1. The van der Waals surface area contributed by atoms with Crippen LogP contribution in [0.3, 0.4) is 0 Å². The number of nitro groups is 1. The van der Waals surface area contributed by atoms with Crippen LogP contribution < -0.4 is 0 Å². The maximum Gasteiger partial charge on any atom is 0.281 e. The van der Waals surface area contributed by atoms with E-state index in [-0.39, 0.29) is 11.3 Å². The Hall–Kier alpha value is -0.690. The average Bonchev–Trinajstić information content (AvgIpc) is 2.03. The first-order valence-electron chi connectivity index (χ1n) is 3.16. The molecule has 0 saturated heterocycles. The molecular formula is C7H3ClINO3. The largest absolute Gasteiger partial charge is 0.281 e. The summed E-state index contributed by atoms with van der Waals surface area (Å²) in [5.74, 6) is 0. The molecule has 0 N–H and O–H groups in total. The summed E-state index contributed by atoms with van der Waals surface area (Å²) in [6.07, 6.45) is 0. The number of carbonyl (C=O) groups is 1. The summed E-state index contributed by atoms with van der Waals surface area (Å²) < 4.78 is 0.729. The van der Waals surface area contributed by atoms with Gasteiger partial charge in [-0.1, -0.05) is 0 Å². The van der Waals surface area contributed by atoms with E-state index in [1.54, 1.807) is 6.07 Å². The van der Waals surface area contributed by atoms with Crippen LogP contribution in [0.2, 0.25) is 0 Å². The van der Waals surface area contributed by atoms with E-state index >= 15 is 0 Å². The van der Waals surface area contributed by atoms with Crippen LogP contribution in [0.1, 0.15) is 10.4 Å². The van der Waals surface area contributed by atoms with Gasteiger partial charge in [0.05, 0.1) is 4.92 Å². The fourth-order valence-electron chi connectivity index (χ4n) is 0.825. The summed E-state index contributed by atoms with van der Waals surface area (Å²) in [5, 5.41) is 9.62. The molecule has 0 aliphatic rings. The molecule has 0 saturated carbocycles. The van der Waals surface area contributed by atoms with Gasteiger partial charge in [0.15, 0.2) is 0 Å². The Kier molecular flexibility index (Phi) is 3.21. The van der Waals surface area contributed by atoms with Crippen molar-refractivity contribution in [2.24, 2.45) is 0 Å². The molecule has 1 rings (SSSR count). The lowest BCUT2D eigenvalue weighted by Crippen LogP contribution is -1.98. The molecule has 0 heterocycles. The third-order valence-corrected chi connectivity index (χ3v) is 2.24. The first-order chi connectivity index (χ1) is 6.02. The van der Waals surface area contributed by atoms with Gasteiger partial charge in [0.1, 0.15) is 5.56 Å². The van der Waals surface area contributed by atoms with E-state index in [0.717, 1.165) is 3.57 Å². The third-order valence-electron chi connectivity index (χ3n) is 1.37. The number of hydrogen-bond acceptors (Lipinski definition) is 3. The Bertz CT molecular complexity index is 380. The smallest absolute Gasteiger partial charge is 0.275 e. The van der Waals surface area contributed by atoms with Crippen LogP contribution in [-0.4, -0.2) is 10.2 Å². The predicted molar refractivity (Wildman–Crippen MR) is 56.0 cm³/mol. The Morgan fingerprint density at radius 3 is 2.62 bits per heavy atom. The van der Waals surface area contributed by atoms with E-state index in [9.17, 15) is 14.9 Å². The molecule has 0 bridgehead atoms. The number of rotatable bonds is 2. The molecule has 0 spiro atoms. The molecule has 0 fully saturated rings. The summed E-state index contributed by atoms with van der Waals surface area (Å²) in [6, 6.07) is 4.19. The van der Waals surface area contributed by atoms with Crippen molar-refractivity contribution in [1.29, 1.82) is 0 Å². The highest BCUT2D eigenvalue weighted by Crippen LogP contribution is 2.22. The van der Waals surface area contributed by atoms with Crippen molar-refractivity contribution in [1.82, 2.24) is 0 Å². The molecule has 1 aromatic carbocycles. The molecule has 0 radical (unpaired) electrons. The van der Waals surface area contributed by atoms with Crippen molar-refractivity contribution in [2.75, 3.05) is 0 Å². The quantitative estimate of drug-likeness (QED) is 0.365. The zero-order chi connectivity index (χ0) is 10.0. The number of nitro benzene ring substituents is 1. The van der Waals surface area contributed by atoms with Crippen LogP contribution in [-0.2, 0) is 0 Å². The maximum atomic E-state index is 10.8. The van der Waals surface area contributed by atoms with Crippen molar-refractivity contribution in [3.63, 3.8) is 0 Å². The highest BCUT2D eigenvalue weighted by molar-refractivity contribution is 14.1. The molecule has 13 heavy (non-hydrogen) atoms. The van der Waals surface area contributed by atoms with E-state index in [0.29, 0.717) is 0 Å². The summed E-state index contributed by atoms with van der Waals surface area (Å²) in [5.41, 5.74) is -0.334.